The molecule has 9 rings (SSSR count). The Morgan fingerprint density at radius 1 is 0.588 bits per heavy atom. The summed E-state index contributed by atoms with van der Waals surface area (Å²) in [5.41, 5.74) is 14.4. The van der Waals surface area contributed by atoms with Crippen molar-refractivity contribution in [2.24, 2.45) is 0 Å². The molecule has 0 radical (unpaired) electrons. The second kappa shape index (κ2) is 26.4. The Morgan fingerprint density at radius 2 is 0.988 bits per heavy atom. The highest BCUT2D eigenvalue weighted by atomic mass is 16.6. The third-order valence-corrected chi connectivity index (χ3v) is 12.6. The number of pyridine rings is 2. The fraction of sp³-hybridized carbons (Fsp3) is 0.246. The number of alkyl carbamates (subject to hydrolysis) is 2. The molecule has 0 spiro atoms. The highest BCUT2D eigenvalue weighted by molar-refractivity contribution is 5.87. The van der Waals surface area contributed by atoms with Gasteiger partial charge in [0, 0.05) is 22.3 Å². The summed E-state index contributed by atoms with van der Waals surface area (Å²) in [6.45, 7) is 11.4. The van der Waals surface area contributed by atoms with Gasteiger partial charge < -0.3 is 45.2 Å². The van der Waals surface area contributed by atoms with Gasteiger partial charge in [0.05, 0.1) is 30.1 Å². The monoisotopic (exact) mass is 1080 g/mol. The van der Waals surface area contributed by atoms with Crippen molar-refractivity contribution in [3.63, 3.8) is 0 Å². The number of nitrogen functional groups attached to an aromatic ring is 1. The second-order valence-electron chi connectivity index (χ2n) is 21.1. The van der Waals surface area contributed by atoms with Crippen LogP contribution in [0.5, 0.6) is 11.5 Å². The molecule has 6 N–H and O–H groups in total. The van der Waals surface area contributed by atoms with Crippen molar-refractivity contribution in [3.05, 3.63) is 226 Å². The standard InChI is InChI=1S/C33H33N3O5.C32H35N3O4/c1-33(2,3)41-32(38)35-27(18-22-12-6-4-7-13-22)25-19-28(34-30-26(25)21-40-31(37)36-30)24-16-10-11-17-29(24)39-20-23-14-8-5-9-15-23;1-32(2,3)39-31(37)35-27(18-22-12-6-4-7-13-22)25-19-28(34-30(33)26(25)20-36)24-16-10-11-17-29(24)38-21-23-14-8-5-9-15-23/h4-17,19,27H,18,20-21H2,1-3H3,(H,35,38)(H,34,36,37);4-17,19,27,36H,18,20-21H2,1-3H3,(H2,33,34)(H,35,37). The minimum Gasteiger partial charge on any atom is -0.488 e. The zero-order chi connectivity index (χ0) is 56.7. The largest absolute Gasteiger partial charge is 0.488 e. The number of para-hydroxylation sites is 2. The van der Waals surface area contributed by atoms with Crippen molar-refractivity contribution >= 4 is 29.9 Å². The number of fused-ring (bicyclic) bond motifs is 1. The summed E-state index contributed by atoms with van der Waals surface area (Å²) in [6, 6.07) is 57.5. The van der Waals surface area contributed by atoms with Crippen molar-refractivity contribution < 1.29 is 43.2 Å². The maximum absolute atomic E-state index is 13.0. The third kappa shape index (κ3) is 16.2. The third-order valence-electron chi connectivity index (χ3n) is 12.6. The van der Waals surface area contributed by atoms with Crippen LogP contribution in [0, 0.1) is 0 Å². The molecule has 2 aromatic heterocycles. The Hall–Kier alpha value is -9.21. The molecule has 3 heterocycles. The number of hydrogen-bond donors (Lipinski definition) is 5. The van der Waals surface area contributed by atoms with Crippen molar-refractivity contribution in [3.8, 4) is 34.0 Å². The number of cyclic esters (lactones) is 1. The molecule has 3 amide bonds. The molecule has 80 heavy (non-hydrogen) atoms. The molecule has 0 saturated carbocycles. The van der Waals surface area contributed by atoms with Gasteiger partial charge in [-0.05, 0) is 124 Å². The van der Waals surface area contributed by atoms with E-state index in [9.17, 15) is 19.5 Å². The lowest BCUT2D eigenvalue weighted by Crippen LogP contribution is -2.36. The van der Waals surface area contributed by atoms with Gasteiger partial charge in [0.15, 0.2) is 0 Å². The summed E-state index contributed by atoms with van der Waals surface area (Å²) in [5, 5.41) is 19.1. The van der Waals surface area contributed by atoms with Gasteiger partial charge >= 0.3 is 18.3 Å². The van der Waals surface area contributed by atoms with Crippen molar-refractivity contribution in [2.75, 3.05) is 11.1 Å². The number of nitrogens with two attached hydrogens (primary N) is 1. The van der Waals surface area contributed by atoms with E-state index < -0.39 is 41.6 Å². The SMILES string of the molecule is CC(C)(C)OC(=O)NC(Cc1ccccc1)c1cc(-c2ccccc2OCc2ccccc2)nc(N)c1CO.CC(C)(C)OC(=O)NC(Cc1ccccc1)c1cc(-c2ccccc2OCc2ccccc2)nc2c1COC(=O)N2. The van der Waals surface area contributed by atoms with Gasteiger partial charge in [0.1, 0.15) is 54.2 Å². The number of hydrogen-bond acceptors (Lipinski definition) is 12. The van der Waals surface area contributed by atoms with Crippen LogP contribution in [0.15, 0.2) is 182 Å². The fourth-order valence-corrected chi connectivity index (χ4v) is 8.95. The molecule has 6 aromatic carbocycles. The van der Waals surface area contributed by atoms with E-state index >= 15 is 0 Å². The van der Waals surface area contributed by atoms with Crippen LogP contribution in [-0.4, -0.2) is 44.6 Å². The van der Waals surface area contributed by atoms with Crippen LogP contribution < -0.4 is 31.2 Å². The molecule has 412 valence electrons. The average Bonchev–Trinajstić information content (AvgIpc) is 3.49. The summed E-state index contributed by atoms with van der Waals surface area (Å²) in [5.74, 6) is 1.87. The number of carbonyl (C=O) groups excluding carboxylic acids is 3. The topological polar surface area (TPSA) is 205 Å². The molecule has 0 fully saturated rings. The molecule has 0 saturated heterocycles. The number of benzene rings is 6. The van der Waals surface area contributed by atoms with E-state index in [0.29, 0.717) is 71.5 Å². The molecule has 8 aromatic rings. The Kier molecular flexibility index (Phi) is 18.8. The molecule has 2 atom stereocenters. The quantitative estimate of drug-likeness (QED) is 0.0540. The van der Waals surface area contributed by atoms with E-state index in [2.05, 4.69) is 20.9 Å². The number of anilines is 2. The van der Waals surface area contributed by atoms with E-state index in [-0.39, 0.29) is 19.0 Å². The first kappa shape index (κ1) is 57.0. The van der Waals surface area contributed by atoms with Crippen molar-refractivity contribution in [1.29, 1.82) is 0 Å². The van der Waals surface area contributed by atoms with Crippen LogP contribution in [0.4, 0.5) is 26.0 Å². The molecule has 1 aliphatic rings. The molecule has 0 bridgehead atoms. The van der Waals surface area contributed by atoms with Crippen LogP contribution in [-0.2, 0) is 53.5 Å². The average molecular weight is 1080 g/mol. The molecular formula is C65H68N6O9. The van der Waals surface area contributed by atoms with Crippen molar-refractivity contribution in [2.45, 2.75) is 104 Å². The van der Waals surface area contributed by atoms with Crippen LogP contribution in [0.2, 0.25) is 0 Å². The first-order valence-corrected chi connectivity index (χ1v) is 26.5. The van der Waals surface area contributed by atoms with E-state index in [0.717, 1.165) is 38.9 Å². The van der Waals surface area contributed by atoms with Gasteiger partial charge in [-0.25, -0.2) is 24.4 Å². The van der Waals surface area contributed by atoms with Crippen molar-refractivity contribution in [1.82, 2.24) is 20.6 Å². The van der Waals surface area contributed by atoms with Gasteiger partial charge in [-0.2, -0.15) is 0 Å². The fourth-order valence-electron chi connectivity index (χ4n) is 8.95. The lowest BCUT2D eigenvalue weighted by atomic mass is 9.93. The van der Waals surface area contributed by atoms with E-state index in [1.54, 1.807) is 0 Å². The highest BCUT2D eigenvalue weighted by Crippen LogP contribution is 2.38. The maximum Gasteiger partial charge on any atom is 0.413 e. The van der Waals surface area contributed by atoms with Crippen LogP contribution in [0.25, 0.3) is 22.5 Å². The van der Waals surface area contributed by atoms with E-state index in [1.165, 1.54) is 0 Å². The number of aromatic nitrogens is 2. The first-order valence-electron chi connectivity index (χ1n) is 26.5. The number of aliphatic hydroxyl groups is 1. The molecule has 15 nitrogen and oxygen atoms in total. The molecule has 15 heteroatoms. The zero-order valence-corrected chi connectivity index (χ0v) is 45.9. The number of ether oxygens (including phenoxy) is 5. The number of nitrogens with zero attached hydrogens (tertiary/aromatic N) is 2. The Bertz CT molecular complexity index is 3350. The maximum atomic E-state index is 13.0. The van der Waals surface area contributed by atoms with Crippen LogP contribution >= 0.6 is 0 Å². The molecule has 0 aliphatic carbocycles. The zero-order valence-electron chi connectivity index (χ0n) is 45.9. The number of nitrogens with one attached hydrogen (secondary N) is 3. The highest BCUT2D eigenvalue weighted by Gasteiger charge is 2.30. The summed E-state index contributed by atoms with van der Waals surface area (Å²) in [6.07, 6.45) is -0.742. The van der Waals surface area contributed by atoms with Gasteiger partial charge in [-0.1, -0.05) is 146 Å². The Labute approximate surface area is 467 Å². The number of carbonyl (C=O) groups is 3. The summed E-state index contributed by atoms with van der Waals surface area (Å²) in [4.78, 5) is 47.5. The normalized spacial score (nSPS) is 12.7. The number of aliphatic hydroxyl groups excluding tert-OH is 1. The van der Waals surface area contributed by atoms with Gasteiger partial charge in [-0.15, -0.1) is 0 Å². The lowest BCUT2D eigenvalue weighted by Gasteiger charge is -2.28. The van der Waals surface area contributed by atoms with E-state index in [4.69, 9.17) is 34.4 Å². The van der Waals surface area contributed by atoms with Crippen LogP contribution in [0.3, 0.4) is 0 Å². The van der Waals surface area contributed by atoms with Crippen LogP contribution in [0.1, 0.15) is 98.1 Å². The summed E-state index contributed by atoms with van der Waals surface area (Å²) >= 11 is 0. The summed E-state index contributed by atoms with van der Waals surface area (Å²) in [7, 11) is 0. The van der Waals surface area contributed by atoms with Gasteiger partial charge in [-0.3, -0.25) is 5.32 Å². The van der Waals surface area contributed by atoms with Gasteiger partial charge in [0.2, 0.25) is 0 Å². The molecular weight excluding hydrogens is 1010 g/mol. The molecule has 2 unspecified atom stereocenters. The predicted molar refractivity (Wildman–Crippen MR) is 310 cm³/mol. The summed E-state index contributed by atoms with van der Waals surface area (Å²) < 4.78 is 28.9. The smallest absolute Gasteiger partial charge is 0.413 e. The first-order chi connectivity index (χ1) is 38.5. The van der Waals surface area contributed by atoms with E-state index in [1.807, 2.05) is 224 Å². The predicted octanol–water partition coefficient (Wildman–Crippen LogP) is 13.4. The van der Waals surface area contributed by atoms with Gasteiger partial charge in [0.25, 0.3) is 0 Å². The second-order valence-corrected chi connectivity index (χ2v) is 21.1. The Morgan fingerprint density at radius 3 is 1.44 bits per heavy atom. The molecule has 1 aliphatic heterocycles. The lowest BCUT2D eigenvalue weighted by molar-refractivity contribution is 0.0491. The number of rotatable bonds is 17. The minimum atomic E-state index is -0.670. The number of amides is 3. The Balaban J connectivity index is 0.000000211. The minimum absolute atomic E-state index is 0.0250.